The lowest BCUT2D eigenvalue weighted by Gasteiger charge is -2.06. The molecule has 0 unspecified atom stereocenters. The van der Waals surface area contributed by atoms with E-state index in [0.29, 0.717) is 10.6 Å². The van der Waals surface area contributed by atoms with Crippen LogP contribution in [0.4, 0.5) is 10.2 Å². The van der Waals surface area contributed by atoms with Crippen molar-refractivity contribution >= 4 is 50.9 Å². The van der Waals surface area contributed by atoms with Crippen LogP contribution in [-0.2, 0) is 17.9 Å². The predicted molar refractivity (Wildman–Crippen MR) is 101 cm³/mol. The lowest BCUT2D eigenvalue weighted by Crippen LogP contribution is -2.20. The Kier molecular flexibility index (Phi) is 5.64. The van der Waals surface area contributed by atoms with E-state index in [1.807, 2.05) is 6.92 Å². The third-order valence-electron chi connectivity index (χ3n) is 3.69. The molecule has 3 aromatic rings. The van der Waals surface area contributed by atoms with E-state index in [1.165, 1.54) is 23.0 Å². The summed E-state index contributed by atoms with van der Waals surface area (Å²) in [4.78, 5) is 12.2. The van der Waals surface area contributed by atoms with Crippen molar-refractivity contribution in [1.82, 2.24) is 19.6 Å². The molecule has 10 heteroatoms. The van der Waals surface area contributed by atoms with Gasteiger partial charge in [0, 0.05) is 16.8 Å². The minimum absolute atomic E-state index is 0.0137. The Morgan fingerprint density at radius 2 is 2.12 bits per heavy atom. The highest BCUT2D eigenvalue weighted by Gasteiger charge is 2.15. The van der Waals surface area contributed by atoms with Crippen LogP contribution in [0.25, 0.3) is 0 Å². The Labute approximate surface area is 167 Å². The number of anilines is 1. The molecule has 0 fully saturated rings. The molecule has 2 heterocycles. The number of amides is 1. The van der Waals surface area contributed by atoms with Gasteiger partial charge >= 0.3 is 0 Å². The van der Waals surface area contributed by atoms with Gasteiger partial charge in [0.05, 0.1) is 22.9 Å². The second-order valence-electron chi connectivity index (χ2n) is 5.51. The maximum atomic E-state index is 13.9. The fourth-order valence-corrected chi connectivity index (χ4v) is 3.02. The highest BCUT2D eigenvalue weighted by atomic mass is 79.9. The van der Waals surface area contributed by atoms with Crippen LogP contribution >= 0.6 is 39.1 Å². The van der Waals surface area contributed by atoms with Crippen LogP contribution in [0.5, 0.6) is 0 Å². The number of rotatable bonds is 5. The third-order valence-corrected chi connectivity index (χ3v) is 5.10. The van der Waals surface area contributed by atoms with Gasteiger partial charge in [-0.3, -0.25) is 14.2 Å². The van der Waals surface area contributed by atoms with Crippen molar-refractivity contribution in [2.24, 2.45) is 0 Å². The zero-order valence-corrected chi connectivity index (χ0v) is 16.6. The molecule has 136 valence electrons. The van der Waals surface area contributed by atoms with Crippen molar-refractivity contribution in [2.75, 3.05) is 5.32 Å². The van der Waals surface area contributed by atoms with Gasteiger partial charge < -0.3 is 5.32 Å². The molecule has 0 bridgehead atoms. The Hall–Kier alpha value is -1.90. The Morgan fingerprint density at radius 3 is 2.77 bits per heavy atom. The van der Waals surface area contributed by atoms with E-state index >= 15 is 0 Å². The summed E-state index contributed by atoms with van der Waals surface area (Å²) in [5.74, 6) is -0.581. The number of nitrogens with one attached hydrogen (secondary N) is 1. The van der Waals surface area contributed by atoms with Crippen LogP contribution in [0.15, 0.2) is 35.1 Å². The number of nitrogens with zero attached hydrogens (tertiary/aromatic N) is 4. The van der Waals surface area contributed by atoms with Gasteiger partial charge in [-0.15, -0.1) is 0 Å². The molecule has 1 amide bonds. The molecule has 3 rings (SSSR count). The molecule has 0 saturated carbocycles. The third kappa shape index (κ3) is 4.08. The van der Waals surface area contributed by atoms with Crippen LogP contribution in [-0.4, -0.2) is 25.5 Å². The zero-order chi connectivity index (χ0) is 18.8. The molecule has 0 saturated heterocycles. The van der Waals surface area contributed by atoms with E-state index in [4.69, 9.17) is 23.2 Å². The van der Waals surface area contributed by atoms with Gasteiger partial charge in [0.2, 0.25) is 5.91 Å². The Morgan fingerprint density at radius 1 is 1.35 bits per heavy atom. The van der Waals surface area contributed by atoms with Crippen LogP contribution in [0.3, 0.4) is 0 Å². The van der Waals surface area contributed by atoms with Crippen LogP contribution in [0.1, 0.15) is 11.3 Å². The summed E-state index contributed by atoms with van der Waals surface area (Å²) in [7, 11) is 0. The maximum absolute atomic E-state index is 13.9. The summed E-state index contributed by atoms with van der Waals surface area (Å²) in [6.45, 7) is 1.94. The smallest absolute Gasteiger partial charge is 0.247 e. The first-order valence-electron chi connectivity index (χ1n) is 7.48. The normalized spacial score (nSPS) is 11.0. The number of carbonyl (C=O) groups excluding carboxylic acids is 1. The zero-order valence-electron chi connectivity index (χ0n) is 13.5. The summed E-state index contributed by atoms with van der Waals surface area (Å²) in [6.07, 6.45) is 3.11. The van der Waals surface area contributed by atoms with Crippen LogP contribution in [0, 0.1) is 12.7 Å². The van der Waals surface area contributed by atoms with Gasteiger partial charge in [-0.05, 0) is 35.0 Å². The SMILES string of the molecule is Cc1c(Br)cnn1CC(=O)Nc1nn(Cc2c(F)cccc2Cl)cc1Cl. The average molecular weight is 461 g/mol. The maximum Gasteiger partial charge on any atom is 0.247 e. The van der Waals surface area contributed by atoms with Gasteiger partial charge in [0.25, 0.3) is 0 Å². The van der Waals surface area contributed by atoms with E-state index < -0.39 is 5.82 Å². The first-order valence-corrected chi connectivity index (χ1v) is 9.03. The van der Waals surface area contributed by atoms with Gasteiger partial charge in [-0.1, -0.05) is 29.3 Å². The molecule has 26 heavy (non-hydrogen) atoms. The Bertz CT molecular complexity index is 951. The molecule has 0 aliphatic heterocycles. The molecule has 0 aliphatic carbocycles. The summed E-state index contributed by atoms with van der Waals surface area (Å²) in [5, 5.41) is 11.4. The highest BCUT2D eigenvalue weighted by Crippen LogP contribution is 2.24. The Balaban J connectivity index is 1.72. The fraction of sp³-hybridized carbons (Fsp3) is 0.188. The predicted octanol–water partition coefficient (Wildman–Crippen LogP) is 4.28. The lowest BCUT2D eigenvalue weighted by molar-refractivity contribution is -0.117. The molecule has 0 spiro atoms. The first-order chi connectivity index (χ1) is 12.3. The lowest BCUT2D eigenvalue weighted by atomic mass is 10.2. The number of benzene rings is 1. The molecule has 0 radical (unpaired) electrons. The minimum Gasteiger partial charge on any atom is -0.306 e. The number of carbonyl (C=O) groups is 1. The largest absolute Gasteiger partial charge is 0.306 e. The fourth-order valence-electron chi connectivity index (χ4n) is 2.30. The average Bonchev–Trinajstić information content (AvgIpc) is 3.08. The van der Waals surface area contributed by atoms with E-state index in [9.17, 15) is 9.18 Å². The molecule has 2 aromatic heterocycles. The summed E-state index contributed by atoms with van der Waals surface area (Å²) >= 11 is 15.5. The highest BCUT2D eigenvalue weighted by molar-refractivity contribution is 9.10. The van der Waals surface area contributed by atoms with Crippen molar-refractivity contribution in [1.29, 1.82) is 0 Å². The van der Waals surface area contributed by atoms with Crippen molar-refractivity contribution in [3.8, 4) is 0 Å². The van der Waals surface area contributed by atoms with E-state index in [1.54, 1.807) is 16.9 Å². The summed E-state index contributed by atoms with van der Waals surface area (Å²) < 4.78 is 17.7. The second kappa shape index (κ2) is 7.77. The molecule has 0 atom stereocenters. The molecule has 0 aliphatic rings. The van der Waals surface area contributed by atoms with E-state index in [2.05, 4.69) is 31.4 Å². The number of hydrogen-bond acceptors (Lipinski definition) is 3. The van der Waals surface area contributed by atoms with Gasteiger partial charge in [-0.2, -0.15) is 10.2 Å². The van der Waals surface area contributed by atoms with Gasteiger partial charge in [0.1, 0.15) is 17.4 Å². The van der Waals surface area contributed by atoms with E-state index in [-0.39, 0.29) is 29.8 Å². The van der Waals surface area contributed by atoms with Crippen molar-refractivity contribution in [3.05, 3.63) is 62.2 Å². The summed E-state index contributed by atoms with van der Waals surface area (Å²) in [6, 6.07) is 4.44. The van der Waals surface area contributed by atoms with Crippen LogP contribution < -0.4 is 5.32 Å². The van der Waals surface area contributed by atoms with Gasteiger partial charge in [0.15, 0.2) is 5.82 Å². The van der Waals surface area contributed by atoms with Gasteiger partial charge in [-0.25, -0.2) is 4.39 Å². The van der Waals surface area contributed by atoms with Crippen LogP contribution in [0.2, 0.25) is 10.0 Å². The van der Waals surface area contributed by atoms with Crippen molar-refractivity contribution in [3.63, 3.8) is 0 Å². The number of aromatic nitrogens is 4. The number of halogens is 4. The standard InChI is InChI=1S/C16H13BrCl2FN5O/c1-9-11(17)5-21-25(9)8-15(26)22-16-13(19)7-24(23-16)6-10-12(18)3-2-4-14(10)20/h2-5,7H,6,8H2,1H3,(H,22,23,26). The molecule has 1 aromatic carbocycles. The van der Waals surface area contributed by atoms with Crippen molar-refractivity contribution in [2.45, 2.75) is 20.0 Å². The summed E-state index contributed by atoms with van der Waals surface area (Å²) in [5.41, 5.74) is 1.12. The molecule has 6 nitrogen and oxygen atoms in total. The first kappa shape index (κ1) is 18.9. The number of hydrogen-bond donors (Lipinski definition) is 1. The molecular weight excluding hydrogens is 448 g/mol. The quantitative estimate of drug-likeness (QED) is 0.617. The van der Waals surface area contributed by atoms with Crippen molar-refractivity contribution < 1.29 is 9.18 Å². The molecular formula is C16H13BrCl2FN5O. The second-order valence-corrected chi connectivity index (χ2v) is 7.18. The van der Waals surface area contributed by atoms with E-state index in [0.717, 1.165) is 10.2 Å². The monoisotopic (exact) mass is 459 g/mol. The molecule has 1 N–H and O–H groups in total. The topological polar surface area (TPSA) is 64.7 Å². The minimum atomic E-state index is -0.436.